The molecule has 1 heterocycles. The van der Waals surface area contributed by atoms with Gasteiger partial charge in [0.2, 0.25) is 0 Å². The van der Waals surface area contributed by atoms with Crippen molar-refractivity contribution < 1.29 is 5.11 Å². The normalized spacial score (nSPS) is 28.5. The summed E-state index contributed by atoms with van der Waals surface area (Å²) in [5.41, 5.74) is 0.801. The smallest absolute Gasteiger partial charge is 0.267 e. The molecule has 1 aromatic heterocycles. The molecule has 12 heavy (non-hydrogen) atoms. The van der Waals surface area contributed by atoms with Crippen molar-refractivity contribution in [2.24, 2.45) is 0 Å². The van der Waals surface area contributed by atoms with E-state index in [-0.39, 0.29) is 17.7 Å². The van der Waals surface area contributed by atoms with Crippen LogP contribution in [-0.4, -0.2) is 21.0 Å². The highest BCUT2D eigenvalue weighted by atomic mass is 16.3. The molecule has 0 radical (unpaired) electrons. The fourth-order valence-electron chi connectivity index (χ4n) is 1.54. The maximum Gasteiger partial charge on any atom is 0.267 e. The van der Waals surface area contributed by atoms with Crippen LogP contribution >= 0.6 is 0 Å². The second-order valence-electron chi connectivity index (χ2n) is 3.36. The van der Waals surface area contributed by atoms with Gasteiger partial charge in [-0.25, -0.2) is 4.68 Å². The van der Waals surface area contributed by atoms with Gasteiger partial charge in [0.15, 0.2) is 0 Å². The van der Waals surface area contributed by atoms with Crippen LogP contribution in [0.25, 0.3) is 0 Å². The van der Waals surface area contributed by atoms with Gasteiger partial charge in [-0.15, -0.1) is 0 Å². The van der Waals surface area contributed by atoms with Crippen LogP contribution in [0, 0.1) is 6.92 Å². The topological polar surface area (TPSA) is 58.0 Å². The Hall–Kier alpha value is -1.03. The van der Waals surface area contributed by atoms with Crippen LogP contribution in [0.4, 0.5) is 0 Å². The molecular formula is C8H12N2O2. The van der Waals surface area contributed by atoms with E-state index in [0.29, 0.717) is 0 Å². The molecule has 0 amide bonds. The van der Waals surface area contributed by atoms with Crippen molar-refractivity contribution in [1.82, 2.24) is 9.78 Å². The summed E-state index contributed by atoms with van der Waals surface area (Å²) in [5, 5.41) is 12.2. The monoisotopic (exact) mass is 168 g/mol. The predicted octanol–water partition coefficient (Wildman–Crippen LogP) is 0.181. The van der Waals surface area contributed by atoms with Crippen molar-refractivity contribution in [3.05, 3.63) is 22.1 Å². The summed E-state index contributed by atoms with van der Waals surface area (Å²) in [7, 11) is 0. The molecule has 1 aliphatic carbocycles. The van der Waals surface area contributed by atoms with E-state index in [1.54, 1.807) is 6.07 Å². The van der Waals surface area contributed by atoms with Crippen LogP contribution in [-0.2, 0) is 0 Å². The third-order valence-electron chi connectivity index (χ3n) is 2.41. The molecule has 1 aliphatic rings. The minimum atomic E-state index is -0.347. The Kier molecular flexibility index (Phi) is 1.58. The Morgan fingerprint density at radius 1 is 1.67 bits per heavy atom. The maximum absolute atomic E-state index is 11.2. The van der Waals surface area contributed by atoms with E-state index < -0.39 is 0 Å². The molecule has 0 bridgehead atoms. The van der Waals surface area contributed by atoms with Gasteiger partial charge in [0.05, 0.1) is 12.1 Å². The van der Waals surface area contributed by atoms with E-state index in [0.717, 1.165) is 18.5 Å². The van der Waals surface area contributed by atoms with E-state index in [9.17, 15) is 9.90 Å². The first-order chi connectivity index (χ1) is 5.68. The Morgan fingerprint density at radius 3 is 2.75 bits per heavy atom. The molecule has 4 heteroatoms. The first kappa shape index (κ1) is 7.61. The molecule has 1 aromatic rings. The summed E-state index contributed by atoms with van der Waals surface area (Å²) in [5.74, 6) is 0. The summed E-state index contributed by atoms with van der Waals surface area (Å²) >= 11 is 0. The van der Waals surface area contributed by atoms with E-state index in [4.69, 9.17) is 0 Å². The number of H-pyrrole nitrogens is 1. The van der Waals surface area contributed by atoms with Crippen LogP contribution in [0.5, 0.6) is 0 Å². The highest BCUT2D eigenvalue weighted by Crippen LogP contribution is 2.30. The first-order valence-electron chi connectivity index (χ1n) is 4.14. The third kappa shape index (κ3) is 0.992. The summed E-state index contributed by atoms with van der Waals surface area (Å²) in [6.07, 6.45) is 1.34. The van der Waals surface area contributed by atoms with Crippen LogP contribution in [0.15, 0.2) is 10.9 Å². The van der Waals surface area contributed by atoms with Gasteiger partial charge in [-0.1, -0.05) is 0 Å². The number of aryl methyl sites for hydroxylation is 1. The first-order valence-corrected chi connectivity index (χ1v) is 4.14. The van der Waals surface area contributed by atoms with Crippen molar-refractivity contribution in [2.45, 2.75) is 31.9 Å². The van der Waals surface area contributed by atoms with Gasteiger partial charge >= 0.3 is 0 Å². The molecule has 2 rings (SSSR count). The van der Waals surface area contributed by atoms with E-state index >= 15 is 0 Å². The highest BCUT2D eigenvalue weighted by molar-refractivity contribution is 4.99. The average molecular weight is 168 g/mol. The average Bonchev–Trinajstić information content (AvgIpc) is 2.28. The molecule has 0 aliphatic heterocycles. The molecule has 2 atom stereocenters. The zero-order chi connectivity index (χ0) is 8.72. The Bertz CT molecular complexity index is 339. The molecule has 1 saturated carbocycles. The minimum absolute atomic E-state index is 0.0220. The lowest BCUT2D eigenvalue weighted by atomic mass is 9.89. The lowest BCUT2D eigenvalue weighted by Gasteiger charge is -2.32. The van der Waals surface area contributed by atoms with E-state index in [2.05, 4.69) is 5.10 Å². The molecule has 0 aromatic carbocycles. The van der Waals surface area contributed by atoms with Crippen LogP contribution < -0.4 is 5.56 Å². The molecular weight excluding hydrogens is 156 g/mol. The maximum atomic E-state index is 11.2. The number of aromatic nitrogens is 2. The largest absolute Gasteiger partial charge is 0.391 e. The van der Waals surface area contributed by atoms with Crippen molar-refractivity contribution in [2.75, 3.05) is 0 Å². The molecule has 4 nitrogen and oxygen atoms in total. The van der Waals surface area contributed by atoms with Gasteiger partial charge in [0.25, 0.3) is 5.56 Å². The molecule has 66 valence electrons. The fraction of sp³-hybridized carbons (Fsp3) is 0.625. The van der Waals surface area contributed by atoms with Gasteiger partial charge in [0.1, 0.15) is 0 Å². The van der Waals surface area contributed by atoms with Gasteiger partial charge in [-0.3, -0.25) is 9.89 Å². The fourth-order valence-corrected chi connectivity index (χ4v) is 1.54. The summed E-state index contributed by atoms with van der Waals surface area (Å²) in [6, 6.07) is 1.52. The molecule has 0 saturated heterocycles. The number of nitrogens with zero attached hydrogens (tertiary/aromatic N) is 1. The number of hydrogen-bond acceptors (Lipinski definition) is 2. The van der Waals surface area contributed by atoms with Crippen molar-refractivity contribution in [3.63, 3.8) is 0 Å². The quantitative estimate of drug-likeness (QED) is 0.628. The molecule has 1 fully saturated rings. The highest BCUT2D eigenvalue weighted by Gasteiger charge is 2.31. The number of aliphatic hydroxyl groups excluding tert-OH is 1. The number of nitrogens with one attached hydrogen (secondary N) is 1. The number of hydrogen-bond donors (Lipinski definition) is 2. The predicted molar refractivity (Wildman–Crippen MR) is 44.1 cm³/mol. The number of rotatable bonds is 1. The summed E-state index contributed by atoms with van der Waals surface area (Å²) in [4.78, 5) is 11.2. The second kappa shape index (κ2) is 2.48. The third-order valence-corrected chi connectivity index (χ3v) is 2.41. The van der Waals surface area contributed by atoms with Crippen molar-refractivity contribution >= 4 is 0 Å². The Morgan fingerprint density at radius 2 is 2.42 bits per heavy atom. The SMILES string of the molecule is Cc1cc(=O)n(C2CCC2O)[nH]1. The number of aliphatic hydroxyl groups is 1. The lowest BCUT2D eigenvalue weighted by Crippen LogP contribution is -2.38. The van der Waals surface area contributed by atoms with Crippen molar-refractivity contribution in [3.8, 4) is 0 Å². The number of aromatic amines is 1. The van der Waals surface area contributed by atoms with Crippen LogP contribution in [0.2, 0.25) is 0 Å². The van der Waals surface area contributed by atoms with Crippen LogP contribution in [0.1, 0.15) is 24.6 Å². The zero-order valence-corrected chi connectivity index (χ0v) is 6.95. The lowest BCUT2D eigenvalue weighted by molar-refractivity contribution is 0.0236. The van der Waals surface area contributed by atoms with Crippen molar-refractivity contribution in [1.29, 1.82) is 0 Å². The summed E-state index contributed by atoms with van der Waals surface area (Å²) < 4.78 is 1.52. The molecule has 2 N–H and O–H groups in total. The van der Waals surface area contributed by atoms with Gasteiger partial charge < -0.3 is 5.11 Å². The molecule has 2 unspecified atom stereocenters. The van der Waals surface area contributed by atoms with Crippen LogP contribution in [0.3, 0.4) is 0 Å². The second-order valence-corrected chi connectivity index (χ2v) is 3.36. The Balaban J connectivity index is 2.33. The van der Waals surface area contributed by atoms with E-state index in [1.807, 2.05) is 6.92 Å². The van der Waals surface area contributed by atoms with Gasteiger partial charge in [-0.2, -0.15) is 0 Å². The zero-order valence-electron chi connectivity index (χ0n) is 6.95. The molecule has 0 spiro atoms. The Labute approximate surface area is 69.8 Å². The van der Waals surface area contributed by atoms with E-state index in [1.165, 1.54) is 4.68 Å². The minimum Gasteiger partial charge on any atom is -0.391 e. The van der Waals surface area contributed by atoms with Gasteiger partial charge in [0, 0.05) is 11.8 Å². The summed E-state index contributed by atoms with van der Waals surface area (Å²) in [6.45, 7) is 1.84. The van der Waals surface area contributed by atoms with Gasteiger partial charge in [-0.05, 0) is 19.8 Å². The standard InChI is InChI=1S/C8H12N2O2/c1-5-4-8(12)10(9-5)6-2-3-7(6)11/h4,6-7,9,11H,2-3H2,1H3.